The van der Waals surface area contributed by atoms with E-state index in [0.717, 1.165) is 23.1 Å². The van der Waals surface area contributed by atoms with Crippen LogP contribution in [-0.4, -0.2) is 28.8 Å². The molecule has 184 valence electrons. The molecule has 0 aliphatic heterocycles. The van der Waals surface area contributed by atoms with Crippen LogP contribution in [0.5, 0.6) is 0 Å². The van der Waals surface area contributed by atoms with Crippen molar-refractivity contribution in [1.82, 2.24) is 10.2 Å². The standard InChI is InChI=1S/C31H38N2O2/c1-5-25-15-17-26(18-16-25)19-20-30(34)33(22-28-13-11-24(4)12-14-28)29(31(35)32-23(2)3)21-27-9-7-6-8-10-27/h6-18,23,29H,5,19-22H2,1-4H3,(H,32,35). The third-order valence-electron chi connectivity index (χ3n) is 6.23. The Labute approximate surface area is 210 Å². The molecule has 3 rings (SSSR count). The minimum Gasteiger partial charge on any atom is -0.352 e. The van der Waals surface area contributed by atoms with Gasteiger partial charge in [0.25, 0.3) is 0 Å². The summed E-state index contributed by atoms with van der Waals surface area (Å²) >= 11 is 0. The summed E-state index contributed by atoms with van der Waals surface area (Å²) in [6, 6.07) is 26.0. The third-order valence-corrected chi connectivity index (χ3v) is 6.23. The van der Waals surface area contributed by atoms with Gasteiger partial charge in [0, 0.05) is 25.4 Å². The molecule has 0 saturated carbocycles. The number of amides is 2. The molecule has 3 aromatic carbocycles. The number of carbonyl (C=O) groups is 2. The number of aryl methyl sites for hydroxylation is 3. The number of hydrogen-bond acceptors (Lipinski definition) is 2. The van der Waals surface area contributed by atoms with Gasteiger partial charge < -0.3 is 10.2 Å². The van der Waals surface area contributed by atoms with Crippen LogP contribution in [0.2, 0.25) is 0 Å². The maximum atomic E-state index is 13.7. The van der Waals surface area contributed by atoms with Crippen molar-refractivity contribution < 1.29 is 9.59 Å². The van der Waals surface area contributed by atoms with Crippen molar-refractivity contribution in [3.8, 4) is 0 Å². The molecule has 0 radical (unpaired) electrons. The average molecular weight is 471 g/mol. The Bertz CT molecular complexity index is 1070. The molecule has 1 atom stereocenters. The summed E-state index contributed by atoms with van der Waals surface area (Å²) in [5, 5.41) is 3.05. The molecule has 1 N–H and O–H groups in total. The van der Waals surface area contributed by atoms with Crippen LogP contribution in [0.1, 0.15) is 55.0 Å². The van der Waals surface area contributed by atoms with Crippen LogP contribution >= 0.6 is 0 Å². The topological polar surface area (TPSA) is 49.4 Å². The van der Waals surface area contributed by atoms with E-state index >= 15 is 0 Å². The monoisotopic (exact) mass is 470 g/mol. The van der Waals surface area contributed by atoms with E-state index in [4.69, 9.17) is 0 Å². The lowest BCUT2D eigenvalue weighted by Gasteiger charge is -2.32. The summed E-state index contributed by atoms with van der Waals surface area (Å²) in [5.74, 6) is -0.124. The molecule has 3 aromatic rings. The highest BCUT2D eigenvalue weighted by Gasteiger charge is 2.30. The second-order valence-corrected chi connectivity index (χ2v) is 9.55. The Balaban J connectivity index is 1.87. The second-order valence-electron chi connectivity index (χ2n) is 9.55. The third kappa shape index (κ3) is 8.10. The molecule has 4 nitrogen and oxygen atoms in total. The number of rotatable bonds is 11. The van der Waals surface area contributed by atoms with Gasteiger partial charge in [0.05, 0.1) is 0 Å². The minimum atomic E-state index is -0.587. The van der Waals surface area contributed by atoms with E-state index in [2.05, 4.69) is 36.5 Å². The first-order chi connectivity index (χ1) is 16.9. The SMILES string of the molecule is CCc1ccc(CCC(=O)N(Cc2ccc(C)cc2)C(Cc2ccccc2)C(=O)NC(C)C)cc1. The van der Waals surface area contributed by atoms with Crippen molar-refractivity contribution in [2.45, 2.75) is 72.0 Å². The summed E-state index contributed by atoms with van der Waals surface area (Å²) in [6.07, 6.45) is 2.48. The van der Waals surface area contributed by atoms with Gasteiger partial charge >= 0.3 is 0 Å². The molecule has 35 heavy (non-hydrogen) atoms. The van der Waals surface area contributed by atoms with E-state index in [0.29, 0.717) is 25.8 Å². The molecule has 4 heteroatoms. The van der Waals surface area contributed by atoms with E-state index in [1.807, 2.05) is 75.4 Å². The van der Waals surface area contributed by atoms with Crippen LogP contribution in [0.3, 0.4) is 0 Å². The number of benzene rings is 3. The summed E-state index contributed by atoms with van der Waals surface area (Å²) in [5.41, 5.74) is 5.65. The number of nitrogens with zero attached hydrogens (tertiary/aromatic N) is 1. The molecular weight excluding hydrogens is 432 g/mol. The first kappa shape index (κ1) is 26.2. The lowest BCUT2D eigenvalue weighted by atomic mass is 10.0. The number of carbonyl (C=O) groups excluding carboxylic acids is 2. The van der Waals surface area contributed by atoms with Gasteiger partial charge in [-0.1, -0.05) is 91.3 Å². The smallest absolute Gasteiger partial charge is 0.243 e. The maximum Gasteiger partial charge on any atom is 0.243 e. The van der Waals surface area contributed by atoms with Gasteiger partial charge in [0.1, 0.15) is 6.04 Å². The summed E-state index contributed by atoms with van der Waals surface area (Å²) < 4.78 is 0. The predicted molar refractivity (Wildman–Crippen MR) is 143 cm³/mol. The van der Waals surface area contributed by atoms with Crippen LogP contribution in [0.15, 0.2) is 78.9 Å². The number of hydrogen-bond donors (Lipinski definition) is 1. The quantitative estimate of drug-likeness (QED) is 0.393. The molecule has 0 spiro atoms. The molecule has 0 heterocycles. The Hall–Kier alpha value is -3.40. The highest BCUT2D eigenvalue weighted by Crippen LogP contribution is 2.18. The Morgan fingerprint density at radius 1 is 0.800 bits per heavy atom. The minimum absolute atomic E-state index is 0.00539. The first-order valence-corrected chi connectivity index (χ1v) is 12.6. The molecule has 1 unspecified atom stereocenters. The van der Waals surface area contributed by atoms with E-state index in [1.165, 1.54) is 11.1 Å². The lowest BCUT2D eigenvalue weighted by molar-refractivity contribution is -0.141. The molecule has 0 aromatic heterocycles. The van der Waals surface area contributed by atoms with Crippen molar-refractivity contribution in [3.63, 3.8) is 0 Å². The zero-order chi connectivity index (χ0) is 25.2. The first-order valence-electron chi connectivity index (χ1n) is 12.6. The van der Waals surface area contributed by atoms with Crippen LogP contribution in [-0.2, 0) is 35.4 Å². The van der Waals surface area contributed by atoms with Crippen molar-refractivity contribution >= 4 is 11.8 Å². The van der Waals surface area contributed by atoms with E-state index in [1.54, 1.807) is 4.90 Å². The van der Waals surface area contributed by atoms with E-state index < -0.39 is 6.04 Å². The number of nitrogens with one attached hydrogen (secondary N) is 1. The van der Waals surface area contributed by atoms with E-state index in [-0.39, 0.29) is 17.9 Å². The van der Waals surface area contributed by atoms with Crippen LogP contribution in [0.4, 0.5) is 0 Å². The van der Waals surface area contributed by atoms with Crippen molar-refractivity contribution in [2.24, 2.45) is 0 Å². The molecule has 2 amide bonds. The van der Waals surface area contributed by atoms with Gasteiger partial charge in [-0.2, -0.15) is 0 Å². The van der Waals surface area contributed by atoms with Crippen molar-refractivity contribution in [2.75, 3.05) is 0 Å². The van der Waals surface area contributed by atoms with Crippen LogP contribution < -0.4 is 5.32 Å². The zero-order valence-electron chi connectivity index (χ0n) is 21.5. The van der Waals surface area contributed by atoms with Gasteiger partial charge in [-0.3, -0.25) is 9.59 Å². The van der Waals surface area contributed by atoms with Gasteiger partial charge in [-0.15, -0.1) is 0 Å². The lowest BCUT2D eigenvalue weighted by Crippen LogP contribution is -2.51. The molecule has 0 saturated heterocycles. The average Bonchev–Trinajstić information content (AvgIpc) is 2.86. The summed E-state index contributed by atoms with van der Waals surface area (Å²) in [6.45, 7) is 8.48. The van der Waals surface area contributed by atoms with Gasteiger partial charge in [0.2, 0.25) is 11.8 Å². The normalized spacial score (nSPS) is 11.8. The molecule has 0 aliphatic carbocycles. The van der Waals surface area contributed by atoms with Crippen molar-refractivity contribution in [1.29, 1.82) is 0 Å². The largest absolute Gasteiger partial charge is 0.352 e. The van der Waals surface area contributed by atoms with Crippen molar-refractivity contribution in [3.05, 3.63) is 107 Å². The second kappa shape index (κ2) is 12.9. The fraction of sp³-hybridized carbons (Fsp3) is 0.355. The predicted octanol–water partition coefficient (Wildman–Crippen LogP) is 5.65. The fourth-order valence-corrected chi connectivity index (χ4v) is 4.16. The van der Waals surface area contributed by atoms with Crippen LogP contribution in [0.25, 0.3) is 0 Å². The zero-order valence-corrected chi connectivity index (χ0v) is 21.5. The van der Waals surface area contributed by atoms with E-state index in [9.17, 15) is 9.59 Å². The Morgan fingerprint density at radius 2 is 1.40 bits per heavy atom. The molecule has 0 bridgehead atoms. The molecular formula is C31H38N2O2. The summed E-state index contributed by atoms with van der Waals surface area (Å²) in [4.78, 5) is 28.8. The maximum absolute atomic E-state index is 13.7. The highest BCUT2D eigenvalue weighted by atomic mass is 16.2. The summed E-state index contributed by atoms with van der Waals surface area (Å²) in [7, 11) is 0. The van der Waals surface area contributed by atoms with Gasteiger partial charge in [-0.25, -0.2) is 0 Å². The highest BCUT2D eigenvalue weighted by molar-refractivity contribution is 5.88. The fourth-order valence-electron chi connectivity index (χ4n) is 4.16. The Kier molecular flexibility index (Phi) is 9.66. The van der Waals surface area contributed by atoms with Gasteiger partial charge in [0.15, 0.2) is 0 Å². The molecule has 0 fully saturated rings. The van der Waals surface area contributed by atoms with Crippen LogP contribution in [0, 0.1) is 6.92 Å². The molecule has 0 aliphatic rings. The van der Waals surface area contributed by atoms with Gasteiger partial charge in [-0.05, 0) is 55.9 Å². The Morgan fingerprint density at radius 3 is 2.00 bits per heavy atom.